The summed E-state index contributed by atoms with van der Waals surface area (Å²) in [7, 11) is 1.68. The van der Waals surface area contributed by atoms with Gasteiger partial charge in [0.05, 0.1) is 11.6 Å². The highest BCUT2D eigenvalue weighted by Gasteiger charge is 2.47. The van der Waals surface area contributed by atoms with Crippen molar-refractivity contribution in [3.8, 4) is 11.5 Å². The third-order valence-corrected chi connectivity index (χ3v) is 8.62. The average molecular weight is 525 g/mol. The third-order valence-electron chi connectivity index (χ3n) is 7.44. The standard InChI is InChI=1S/C25H28BrCl2NO2/c1-30-23-10-16(12-29-24-18-5-14-4-15(7-18)8-19(24)6-14)9-21(26)25(23)31-13-17-2-3-20(27)11-22(17)28/h2-3,9-11,14-15,18-19,24,29H,4-8,12-13H2,1H3. The lowest BCUT2D eigenvalue weighted by molar-refractivity contribution is -0.0142. The van der Waals surface area contributed by atoms with Gasteiger partial charge in [0, 0.05) is 28.2 Å². The van der Waals surface area contributed by atoms with Crippen LogP contribution in [-0.4, -0.2) is 13.2 Å². The van der Waals surface area contributed by atoms with Gasteiger partial charge in [0.1, 0.15) is 6.61 Å². The van der Waals surface area contributed by atoms with Crippen molar-refractivity contribution in [2.45, 2.75) is 51.3 Å². The molecule has 166 valence electrons. The van der Waals surface area contributed by atoms with E-state index in [2.05, 4.69) is 33.4 Å². The Hall–Kier alpha value is -0.940. The molecular weight excluding hydrogens is 497 g/mol. The SMILES string of the molecule is COc1cc(CNC2C3CC4CC(C3)CC2C4)cc(Br)c1OCc1ccc(Cl)cc1Cl. The van der Waals surface area contributed by atoms with Crippen LogP contribution in [-0.2, 0) is 13.2 Å². The zero-order valence-corrected chi connectivity index (χ0v) is 20.8. The number of halogens is 3. The Morgan fingerprint density at radius 1 is 1.00 bits per heavy atom. The minimum Gasteiger partial charge on any atom is -0.493 e. The van der Waals surface area contributed by atoms with Gasteiger partial charge in [-0.2, -0.15) is 0 Å². The summed E-state index contributed by atoms with van der Waals surface area (Å²) in [6.07, 6.45) is 7.21. The van der Waals surface area contributed by atoms with Gasteiger partial charge in [-0.05, 0) is 102 Å². The number of ether oxygens (including phenoxy) is 2. The van der Waals surface area contributed by atoms with Crippen LogP contribution < -0.4 is 14.8 Å². The molecule has 0 saturated heterocycles. The lowest BCUT2D eigenvalue weighted by Crippen LogP contribution is -2.54. The van der Waals surface area contributed by atoms with Crippen LogP contribution in [0.4, 0.5) is 0 Å². The first kappa shape index (κ1) is 21.9. The minimum absolute atomic E-state index is 0.344. The van der Waals surface area contributed by atoms with Crippen LogP contribution in [0.5, 0.6) is 11.5 Å². The van der Waals surface area contributed by atoms with Gasteiger partial charge >= 0.3 is 0 Å². The molecule has 0 spiro atoms. The molecule has 0 amide bonds. The van der Waals surface area contributed by atoms with Crippen molar-refractivity contribution in [2.75, 3.05) is 7.11 Å². The fourth-order valence-corrected chi connectivity index (χ4v) is 7.37. The smallest absolute Gasteiger partial charge is 0.175 e. The maximum atomic E-state index is 6.29. The number of rotatable bonds is 7. The first-order valence-electron chi connectivity index (χ1n) is 11.2. The molecule has 4 saturated carbocycles. The van der Waals surface area contributed by atoms with Crippen LogP contribution in [0.15, 0.2) is 34.8 Å². The van der Waals surface area contributed by atoms with Crippen LogP contribution in [0, 0.1) is 23.7 Å². The predicted molar refractivity (Wildman–Crippen MR) is 129 cm³/mol. The van der Waals surface area contributed by atoms with Gasteiger partial charge in [0.15, 0.2) is 11.5 Å². The summed E-state index contributed by atoms with van der Waals surface area (Å²) >= 11 is 16.0. The van der Waals surface area contributed by atoms with Crippen LogP contribution in [0.3, 0.4) is 0 Å². The second kappa shape index (κ2) is 9.13. The van der Waals surface area contributed by atoms with Gasteiger partial charge in [-0.1, -0.05) is 29.3 Å². The number of nitrogens with one attached hydrogen (secondary N) is 1. The summed E-state index contributed by atoms with van der Waals surface area (Å²) in [6, 6.07) is 10.3. The Balaban J connectivity index is 1.26. The first-order valence-corrected chi connectivity index (χ1v) is 12.7. The maximum Gasteiger partial charge on any atom is 0.175 e. The molecule has 6 rings (SSSR count). The van der Waals surface area contributed by atoms with Gasteiger partial charge in [0.25, 0.3) is 0 Å². The molecule has 31 heavy (non-hydrogen) atoms. The molecule has 4 bridgehead atoms. The van der Waals surface area contributed by atoms with E-state index >= 15 is 0 Å². The highest BCUT2D eigenvalue weighted by molar-refractivity contribution is 9.10. The molecule has 2 aromatic rings. The Bertz CT molecular complexity index is 939. The third kappa shape index (κ3) is 4.59. The summed E-state index contributed by atoms with van der Waals surface area (Å²) in [4.78, 5) is 0. The van der Waals surface area contributed by atoms with Gasteiger partial charge < -0.3 is 14.8 Å². The van der Waals surface area contributed by atoms with Crippen LogP contribution >= 0.6 is 39.1 Å². The van der Waals surface area contributed by atoms with E-state index in [9.17, 15) is 0 Å². The van der Waals surface area contributed by atoms with Crippen molar-refractivity contribution in [1.29, 1.82) is 0 Å². The van der Waals surface area contributed by atoms with Crippen molar-refractivity contribution in [3.63, 3.8) is 0 Å². The Kier molecular flexibility index (Phi) is 6.44. The molecule has 6 heteroatoms. The number of benzene rings is 2. The summed E-state index contributed by atoms with van der Waals surface area (Å²) in [6.45, 7) is 1.20. The van der Waals surface area contributed by atoms with E-state index < -0.39 is 0 Å². The fourth-order valence-electron chi connectivity index (χ4n) is 6.30. The van der Waals surface area contributed by atoms with E-state index in [4.69, 9.17) is 32.7 Å². The topological polar surface area (TPSA) is 30.5 Å². The van der Waals surface area contributed by atoms with Crippen LogP contribution in [0.25, 0.3) is 0 Å². The summed E-state index contributed by atoms with van der Waals surface area (Å²) in [5.41, 5.74) is 2.09. The molecular formula is C25H28BrCl2NO2. The molecule has 0 unspecified atom stereocenters. The molecule has 2 aromatic carbocycles. The Morgan fingerprint density at radius 3 is 2.35 bits per heavy atom. The largest absolute Gasteiger partial charge is 0.493 e. The molecule has 0 radical (unpaired) electrons. The fraction of sp³-hybridized carbons (Fsp3) is 0.520. The Labute approximate surface area is 202 Å². The molecule has 4 aliphatic carbocycles. The maximum absolute atomic E-state index is 6.29. The average Bonchev–Trinajstić information content (AvgIpc) is 2.72. The van der Waals surface area contributed by atoms with Crippen molar-refractivity contribution < 1.29 is 9.47 Å². The summed E-state index contributed by atoms with van der Waals surface area (Å²) in [5.74, 6) is 5.15. The number of hydrogen-bond donors (Lipinski definition) is 1. The van der Waals surface area contributed by atoms with Crippen LogP contribution in [0.1, 0.15) is 43.2 Å². The lowest BCUT2D eigenvalue weighted by atomic mass is 9.54. The van der Waals surface area contributed by atoms with E-state index in [0.29, 0.717) is 28.4 Å². The van der Waals surface area contributed by atoms with E-state index in [0.717, 1.165) is 46.0 Å². The second-order valence-corrected chi connectivity index (χ2v) is 11.2. The predicted octanol–water partition coefficient (Wildman–Crippen LogP) is 7.26. The zero-order chi connectivity index (χ0) is 21.5. The highest BCUT2D eigenvalue weighted by atomic mass is 79.9. The molecule has 4 fully saturated rings. The van der Waals surface area contributed by atoms with Gasteiger partial charge in [-0.25, -0.2) is 0 Å². The van der Waals surface area contributed by atoms with Crippen LogP contribution in [0.2, 0.25) is 10.0 Å². The van der Waals surface area contributed by atoms with E-state index in [1.54, 1.807) is 13.2 Å². The normalized spacial score (nSPS) is 28.7. The van der Waals surface area contributed by atoms with E-state index in [-0.39, 0.29) is 0 Å². The molecule has 4 aliphatic rings. The zero-order valence-electron chi connectivity index (χ0n) is 17.7. The van der Waals surface area contributed by atoms with Crippen molar-refractivity contribution >= 4 is 39.1 Å². The van der Waals surface area contributed by atoms with Crippen molar-refractivity contribution in [3.05, 3.63) is 56.0 Å². The molecule has 0 heterocycles. The molecule has 0 aromatic heterocycles. The molecule has 1 N–H and O–H groups in total. The van der Waals surface area contributed by atoms with Gasteiger partial charge in [-0.15, -0.1) is 0 Å². The lowest BCUT2D eigenvalue weighted by Gasteiger charge is -2.54. The second-order valence-electron chi connectivity index (χ2n) is 9.47. The molecule has 0 atom stereocenters. The number of methoxy groups -OCH3 is 1. The summed E-state index contributed by atoms with van der Waals surface area (Å²) in [5, 5.41) is 5.11. The quantitative estimate of drug-likeness (QED) is 0.413. The van der Waals surface area contributed by atoms with Gasteiger partial charge in [-0.3, -0.25) is 0 Å². The highest BCUT2D eigenvalue weighted by Crippen LogP contribution is 2.53. The van der Waals surface area contributed by atoms with E-state index in [1.807, 2.05) is 12.1 Å². The number of hydrogen-bond acceptors (Lipinski definition) is 3. The van der Waals surface area contributed by atoms with Crippen molar-refractivity contribution in [2.24, 2.45) is 23.7 Å². The summed E-state index contributed by atoms with van der Waals surface area (Å²) < 4.78 is 12.6. The van der Waals surface area contributed by atoms with Gasteiger partial charge in [0.2, 0.25) is 0 Å². The monoisotopic (exact) mass is 523 g/mol. The minimum atomic E-state index is 0.344. The Morgan fingerprint density at radius 2 is 1.71 bits per heavy atom. The first-order chi connectivity index (χ1) is 15.0. The van der Waals surface area contributed by atoms with E-state index in [1.165, 1.54) is 37.7 Å². The molecule has 0 aliphatic heterocycles. The van der Waals surface area contributed by atoms with Crippen molar-refractivity contribution in [1.82, 2.24) is 5.32 Å². The molecule has 3 nitrogen and oxygen atoms in total.